The fourth-order valence-electron chi connectivity index (χ4n) is 6.61. The minimum Gasteiger partial charge on any atom is -0.0762 e. The second kappa shape index (κ2) is 8.93. The molecule has 1 unspecified atom stereocenters. The Kier molecular flexibility index (Phi) is 5.88. The van der Waals surface area contributed by atoms with E-state index in [1.807, 2.05) is 0 Å². The van der Waals surface area contributed by atoms with Crippen LogP contribution in [0.15, 0.2) is 97.1 Å². The van der Waals surface area contributed by atoms with Gasteiger partial charge in [-0.05, 0) is 58.0 Å². The zero-order valence-corrected chi connectivity index (χ0v) is 22.0. The molecular formula is C34H31Si. The van der Waals surface area contributed by atoms with Gasteiger partial charge in [0.15, 0.2) is 0 Å². The van der Waals surface area contributed by atoms with Crippen molar-refractivity contribution in [3.8, 4) is 0 Å². The van der Waals surface area contributed by atoms with E-state index in [0.717, 1.165) is 0 Å². The van der Waals surface area contributed by atoms with E-state index < -0.39 is 8.07 Å². The molecule has 0 saturated heterocycles. The molecule has 0 spiro atoms. The SMILES string of the molecule is C[C]1[CH][C]2[C](C=CC=C2c2ccccc2)[C]1[Si](C)(C)[C]1[C]2C=CC=C(c3ccccc3)[C]2[CH]C1C. The molecule has 0 heterocycles. The first-order valence-electron chi connectivity index (χ1n) is 12.6. The van der Waals surface area contributed by atoms with Crippen molar-refractivity contribution in [3.05, 3.63) is 162 Å². The molecule has 2 aromatic carbocycles. The Morgan fingerprint density at radius 3 is 1.80 bits per heavy atom. The van der Waals surface area contributed by atoms with Gasteiger partial charge < -0.3 is 0 Å². The van der Waals surface area contributed by atoms with Gasteiger partial charge >= 0.3 is 0 Å². The lowest BCUT2D eigenvalue weighted by molar-refractivity contribution is 0.807. The fourth-order valence-corrected chi connectivity index (χ4v) is 10.9. The fraction of sp³-hybridized carbons (Fsp3) is 0.147. The Balaban J connectivity index is 1.31. The summed E-state index contributed by atoms with van der Waals surface area (Å²) in [6.07, 6.45) is 18.7. The molecular weight excluding hydrogens is 436 g/mol. The first-order chi connectivity index (χ1) is 17.0. The second-order valence-corrected chi connectivity index (χ2v) is 14.8. The molecule has 2 fully saturated rings. The molecule has 6 rings (SSSR count). The topological polar surface area (TPSA) is 0 Å². The minimum absolute atomic E-state index is 0.443. The normalized spacial score (nSPS) is 25.1. The lowest BCUT2D eigenvalue weighted by Gasteiger charge is -2.44. The van der Waals surface area contributed by atoms with Crippen molar-refractivity contribution in [1.82, 2.24) is 0 Å². The van der Waals surface area contributed by atoms with Gasteiger partial charge in [-0.3, -0.25) is 0 Å². The predicted octanol–water partition coefficient (Wildman–Crippen LogP) is 8.19. The maximum absolute atomic E-state index is 2.56. The van der Waals surface area contributed by atoms with Crippen LogP contribution in [0.4, 0.5) is 0 Å². The standard InChI is InChI=1S/C34H31Si/c1-23-21-31-27(25-13-7-5-8-14-25)17-11-19-29(31)33(23)35(3,4)34-24(2)22-32-28(18-12-20-30(32)34)26-15-9-6-10-16-26/h5-23H,1-4H3. The van der Waals surface area contributed by atoms with Gasteiger partial charge in [0.05, 0.1) is 8.07 Å². The zero-order chi connectivity index (χ0) is 24.2. The van der Waals surface area contributed by atoms with E-state index in [1.54, 1.807) is 11.1 Å². The molecule has 1 atom stereocenters. The molecule has 0 N–H and O–H groups in total. The molecule has 35 heavy (non-hydrogen) atoms. The summed E-state index contributed by atoms with van der Waals surface area (Å²) in [5, 5.41) is 0. The number of benzene rings is 2. The van der Waals surface area contributed by atoms with E-state index in [-0.39, 0.29) is 0 Å². The average Bonchev–Trinajstić information content (AvgIpc) is 3.41. The van der Waals surface area contributed by atoms with Crippen LogP contribution in [0.5, 0.6) is 0 Å². The third-order valence-electron chi connectivity index (χ3n) is 7.87. The maximum atomic E-state index is 2.56. The number of hydrogen-bond acceptors (Lipinski definition) is 0. The maximum Gasteiger partial charge on any atom is 0.0638 e. The van der Waals surface area contributed by atoms with Crippen LogP contribution in [0.3, 0.4) is 0 Å². The smallest absolute Gasteiger partial charge is 0.0638 e. The summed E-state index contributed by atoms with van der Waals surface area (Å²) in [5.41, 5.74) is 8.54. The van der Waals surface area contributed by atoms with Gasteiger partial charge in [-0.1, -0.05) is 124 Å². The van der Waals surface area contributed by atoms with Gasteiger partial charge in [0.1, 0.15) is 0 Å². The van der Waals surface area contributed by atoms with Crippen LogP contribution >= 0.6 is 0 Å². The van der Waals surface area contributed by atoms with Crippen molar-refractivity contribution in [3.63, 3.8) is 0 Å². The molecule has 4 aliphatic rings. The first kappa shape index (κ1) is 23.0. The molecule has 1 heteroatoms. The molecule has 9 radical (unpaired) electrons. The predicted molar refractivity (Wildman–Crippen MR) is 151 cm³/mol. The van der Waals surface area contributed by atoms with Crippen LogP contribution in [0, 0.1) is 59.4 Å². The summed E-state index contributed by atoms with van der Waals surface area (Å²) in [6, 6.07) is 21.7. The van der Waals surface area contributed by atoms with E-state index >= 15 is 0 Å². The van der Waals surface area contributed by atoms with Crippen LogP contribution in [-0.4, -0.2) is 8.07 Å². The van der Waals surface area contributed by atoms with Gasteiger partial charge in [0, 0.05) is 23.7 Å². The summed E-state index contributed by atoms with van der Waals surface area (Å²) in [6.45, 7) is 9.85. The molecule has 4 aliphatic carbocycles. The van der Waals surface area contributed by atoms with E-state index in [2.05, 4.69) is 137 Å². The molecule has 2 saturated carbocycles. The van der Waals surface area contributed by atoms with E-state index in [9.17, 15) is 0 Å². The van der Waals surface area contributed by atoms with E-state index in [4.69, 9.17) is 0 Å². The van der Waals surface area contributed by atoms with Crippen molar-refractivity contribution in [2.45, 2.75) is 26.9 Å². The molecule has 171 valence electrons. The van der Waals surface area contributed by atoms with Crippen LogP contribution in [-0.2, 0) is 0 Å². The van der Waals surface area contributed by atoms with Crippen molar-refractivity contribution >= 4 is 19.2 Å². The highest BCUT2D eigenvalue weighted by Crippen LogP contribution is 2.64. The number of allylic oxidation sites excluding steroid dienone is 8. The third kappa shape index (κ3) is 3.78. The monoisotopic (exact) mass is 467 g/mol. The lowest BCUT2D eigenvalue weighted by atomic mass is 9.81. The van der Waals surface area contributed by atoms with Crippen molar-refractivity contribution in [1.29, 1.82) is 0 Å². The summed E-state index contributed by atoms with van der Waals surface area (Å²) in [5.74, 6) is 7.59. The molecule has 0 bridgehead atoms. The summed E-state index contributed by atoms with van der Waals surface area (Å²) in [4.78, 5) is 0. The van der Waals surface area contributed by atoms with E-state index in [1.165, 1.54) is 51.9 Å². The van der Waals surface area contributed by atoms with Crippen molar-refractivity contribution in [2.75, 3.05) is 0 Å². The average molecular weight is 468 g/mol. The Bertz CT molecular complexity index is 1090. The molecule has 0 nitrogen and oxygen atoms in total. The Morgan fingerprint density at radius 2 is 1.20 bits per heavy atom. The quantitative estimate of drug-likeness (QED) is 0.398. The second-order valence-electron chi connectivity index (χ2n) is 10.5. The highest BCUT2D eigenvalue weighted by atomic mass is 28.3. The van der Waals surface area contributed by atoms with E-state index in [0.29, 0.717) is 5.92 Å². The lowest BCUT2D eigenvalue weighted by Crippen LogP contribution is -2.48. The molecule has 0 aromatic heterocycles. The third-order valence-corrected chi connectivity index (χ3v) is 11.9. The van der Waals surface area contributed by atoms with Crippen LogP contribution < -0.4 is 0 Å². The Labute approximate surface area is 213 Å². The van der Waals surface area contributed by atoms with Crippen LogP contribution in [0.25, 0.3) is 11.1 Å². The Morgan fingerprint density at radius 1 is 0.657 bits per heavy atom. The van der Waals surface area contributed by atoms with Gasteiger partial charge in [0.25, 0.3) is 0 Å². The van der Waals surface area contributed by atoms with Gasteiger partial charge in [0.2, 0.25) is 0 Å². The van der Waals surface area contributed by atoms with Gasteiger partial charge in [-0.25, -0.2) is 0 Å². The number of fused-ring (bicyclic) bond motifs is 2. The molecule has 0 aliphatic heterocycles. The first-order valence-corrected chi connectivity index (χ1v) is 15.6. The van der Waals surface area contributed by atoms with Crippen molar-refractivity contribution < 1.29 is 0 Å². The van der Waals surface area contributed by atoms with Gasteiger partial charge in [-0.2, -0.15) is 0 Å². The van der Waals surface area contributed by atoms with Crippen LogP contribution in [0.2, 0.25) is 13.1 Å². The summed E-state index contributed by atoms with van der Waals surface area (Å²) in [7, 11) is -1.98. The summed E-state index contributed by atoms with van der Waals surface area (Å²) >= 11 is 0. The Hall–Kier alpha value is -2.38. The summed E-state index contributed by atoms with van der Waals surface area (Å²) < 4.78 is 0. The van der Waals surface area contributed by atoms with Crippen LogP contribution in [0.1, 0.15) is 25.0 Å². The molecule has 0 amide bonds. The highest BCUT2D eigenvalue weighted by molar-refractivity contribution is 6.90. The molecule has 2 aromatic rings. The largest absolute Gasteiger partial charge is 0.0762 e. The zero-order valence-electron chi connectivity index (χ0n) is 21.0. The highest BCUT2D eigenvalue weighted by Gasteiger charge is 2.59. The number of rotatable bonds is 4. The number of hydrogen-bond donors (Lipinski definition) is 0. The van der Waals surface area contributed by atoms with Gasteiger partial charge in [-0.15, -0.1) is 0 Å². The minimum atomic E-state index is -1.98. The van der Waals surface area contributed by atoms with Crippen molar-refractivity contribution in [2.24, 2.45) is 5.92 Å².